The second-order valence-electron chi connectivity index (χ2n) is 7.36. The highest BCUT2D eigenvalue weighted by atomic mass is 16.2. The van der Waals surface area contributed by atoms with Crippen molar-refractivity contribution in [2.75, 3.05) is 36.4 Å². The van der Waals surface area contributed by atoms with Crippen LogP contribution in [-0.4, -0.2) is 38.0 Å². The first-order valence-corrected chi connectivity index (χ1v) is 9.83. The zero-order valence-corrected chi connectivity index (χ0v) is 16.2. The highest BCUT2D eigenvalue weighted by Crippen LogP contribution is 2.49. The first-order chi connectivity index (χ1) is 14.7. The molecule has 2 aliphatic heterocycles. The molecule has 0 bridgehead atoms. The van der Waals surface area contributed by atoms with Crippen LogP contribution >= 0.6 is 0 Å². The molecule has 2 aromatic rings. The maximum Gasteiger partial charge on any atom is 0.333 e. The van der Waals surface area contributed by atoms with Crippen molar-refractivity contribution in [3.05, 3.63) is 64.7 Å². The topological polar surface area (TPSA) is 124 Å². The van der Waals surface area contributed by atoms with Crippen LogP contribution in [0.1, 0.15) is 27.5 Å². The van der Waals surface area contributed by atoms with Crippen LogP contribution in [0.4, 0.5) is 16.2 Å². The lowest BCUT2D eigenvalue weighted by atomic mass is 10.0. The summed E-state index contributed by atoms with van der Waals surface area (Å²) >= 11 is 0. The standard InChI is InChI=1S/C21H21N7O2/c22-25-21(30)24-15-3-1-2-14-16(15)20(29)17-18(26-27-19(14)17)12-4-6-13(7-5-12)28-10-8-23-9-11-28/h1-7,19,23H,8-11,22H2,(H2,24,25,30). The van der Waals surface area contributed by atoms with Crippen LogP contribution in [0.15, 0.2) is 58.3 Å². The van der Waals surface area contributed by atoms with Gasteiger partial charge in [-0.2, -0.15) is 10.2 Å². The number of nitrogens with zero attached hydrogens (tertiary/aromatic N) is 3. The quantitative estimate of drug-likeness (QED) is 0.355. The fraction of sp³-hybridized carbons (Fsp3) is 0.238. The van der Waals surface area contributed by atoms with E-state index in [1.807, 2.05) is 23.6 Å². The summed E-state index contributed by atoms with van der Waals surface area (Å²) in [7, 11) is 0. The number of benzene rings is 2. The van der Waals surface area contributed by atoms with Gasteiger partial charge < -0.3 is 15.5 Å². The molecule has 2 heterocycles. The molecule has 152 valence electrons. The molecular weight excluding hydrogens is 382 g/mol. The Kier molecular flexibility index (Phi) is 4.53. The number of Topliss-reactive ketones (excluding diaryl/α,β-unsaturated/α-hetero) is 1. The van der Waals surface area contributed by atoms with Crippen molar-refractivity contribution in [3.63, 3.8) is 0 Å². The number of nitrogens with one attached hydrogen (secondary N) is 3. The van der Waals surface area contributed by atoms with E-state index in [-0.39, 0.29) is 5.78 Å². The summed E-state index contributed by atoms with van der Waals surface area (Å²) in [4.78, 5) is 27.3. The molecule has 1 unspecified atom stereocenters. The molecule has 1 fully saturated rings. The van der Waals surface area contributed by atoms with Gasteiger partial charge in [0.2, 0.25) is 0 Å². The molecule has 5 N–H and O–H groups in total. The Hall–Kier alpha value is -3.56. The highest BCUT2D eigenvalue weighted by molar-refractivity contribution is 6.22. The minimum atomic E-state index is -0.590. The summed E-state index contributed by atoms with van der Waals surface area (Å²) in [6.45, 7) is 3.88. The number of rotatable bonds is 3. The van der Waals surface area contributed by atoms with E-state index in [0.717, 1.165) is 43.0 Å². The Morgan fingerprint density at radius 1 is 1.13 bits per heavy atom. The van der Waals surface area contributed by atoms with Crippen molar-refractivity contribution in [2.45, 2.75) is 6.04 Å². The Morgan fingerprint density at radius 2 is 1.90 bits per heavy atom. The summed E-state index contributed by atoms with van der Waals surface area (Å²) < 4.78 is 0. The third kappa shape index (κ3) is 2.95. The van der Waals surface area contributed by atoms with Gasteiger partial charge >= 0.3 is 6.03 Å². The summed E-state index contributed by atoms with van der Waals surface area (Å²) in [6.07, 6.45) is 0. The Morgan fingerprint density at radius 3 is 2.63 bits per heavy atom. The summed E-state index contributed by atoms with van der Waals surface area (Å²) in [5.41, 5.74) is 6.73. The van der Waals surface area contributed by atoms with Crippen LogP contribution in [0.2, 0.25) is 0 Å². The monoisotopic (exact) mass is 403 g/mol. The number of carbonyl (C=O) groups excluding carboxylic acids is 2. The zero-order valence-electron chi connectivity index (χ0n) is 16.2. The molecule has 1 atom stereocenters. The maximum atomic E-state index is 13.3. The van der Waals surface area contributed by atoms with Crippen molar-refractivity contribution in [1.29, 1.82) is 0 Å². The fourth-order valence-electron chi connectivity index (χ4n) is 4.22. The molecule has 9 heteroatoms. The predicted molar refractivity (Wildman–Crippen MR) is 113 cm³/mol. The smallest absolute Gasteiger partial charge is 0.333 e. The molecular formula is C21H21N7O2. The molecule has 3 aliphatic rings. The number of hydrogen-bond acceptors (Lipinski definition) is 7. The van der Waals surface area contributed by atoms with Gasteiger partial charge in [-0.3, -0.25) is 10.2 Å². The largest absolute Gasteiger partial charge is 0.369 e. The molecule has 0 radical (unpaired) electrons. The Balaban J connectivity index is 1.49. The van der Waals surface area contributed by atoms with Crippen LogP contribution in [-0.2, 0) is 0 Å². The van der Waals surface area contributed by atoms with E-state index in [0.29, 0.717) is 22.5 Å². The number of ketones is 1. The van der Waals surface area contributed by atoms with E-state index in [1.165, 1.54) is 0 Å². The van der Waals surface area contributed by atoms with E-state index in [4.69, 9.17) is 5.84 Å². The Bertz CT molecular complexity index is 1090. The van der Waals surface area contributed by atoms with Crippen molar-refractivity contribution in [2.24, 2.45) is 16.1 Å². The third-order valence-corrected chi connectivity index (χ3v) is 5.67. The lowest BCUT2D eigenvalue weighted by Gasteiger charge is -2.29. The molecule has 2 amide bonds. The van der Waals surface area contributed by atoms with E-state index < -0.39 is 12.1 Å². The van der Waals surface area contributed by atoms with Crippen molar-refractivity contribution >= 4 is 28.9 Å². The van der Waals surface area contributed by atoms with Crippen LogP contribution in [0.5, 0.6) is 0 Å². The van der Waals surface area contributed by atoms with E-state index in [1.54, 1.807) is 12.1 Å². The van der Waals surface area contributed by atoms with Gasteiger partial charge in [-0.05, 0) is 23.8 Å². The van der Waals surface area contributed by atoms with Crippen LogP contribution in [0.3, 0.4) is 0 Å². The SMILES string of the molecule is NNC(=O)Nc1cccc2c1C(=O)C1=C(c3ccc(N4CCNCC4)cc3)N=NC12. The number of fused-ring (bicyclic) bond motifs is 3. The van der Waals surface area contributed by atoms with Crippen LogP contribution < -0.4 is 26.8 Å². The molecule has 2 aromatic carbocycles. The fourth-order valence-corrected chi connectivity index (χ4v) is 4.22. The van der Waals surface area contributed by atoms with Crippen molar-refractivity contribution in [1.82, 2.24) is 10.7 Å². The average molecular weight is 403 g/mol. The van der Waals surface area contributed by atoms with Crippen LogP contribution in [0, 0.1) is 0 Å². The number of azo groups is 1. The second-order valence-corrected chi connectivity index (χ2v) is 7.36. The molecule has 0 spiro atoms. The minimum Gasteiger partial charge on any atom is -0.369 e. The molecule has 1 aliphatic carbocycles. The van der Waals surface area contributed by atoms with Gasteiger partial charge in [0.05, 0.1) is 16.8 Å². The molecule has 9 nitrogen and oxygen atoms in total. The summed E-state index contributed by atoms with van der Waals surface area (Å²) in [5, 5.41) is 14.6. The lowest BCUT2D eigenvalue weighted by Crippen LogP contribution is -2.43. The lowest BCUT2D eigenvalue weighted by molar-refractivity contribution is 0.103. The number of hydrazine groups is 1. The zero-order chi connectivity index (χ0) is 20.7. The number of hydrogen-bond donors (Lipinski definition) is 4. The van der Waals surface area contributed by atoms with Crippen molar-refractivity contribution < 1.29 is 9.59 Å². The molecule has 1 saturated heterocycles. The summed E-state index contributed by atoms with van der Waals surface area (Å²) in [5.74, 6) is 4.99. The van der Waals surface area contributed by atoms with Gasteiger partial charge in [0.25, 0.3) is 0 Å². The minimum absolute atomic E-state index is 0.172. The number of carbonyl (C=O) groups is 2. The first kappa shape index (κ1) is 18.5. The molecule has 30 heavy (non-hydrogen) atoms. The van der Waals surface area contributed by atoms with Gasteiger partial charge in [0.15, 0.2) is 5.78 Å². The number of urea groups is 1. The normalized spacial score (nSPS) is 19.7. The Labute approximate surface area is 173 Å². The highest BCUT2D eigenvalue weighted by Gasteiger charge is 2.42. The third-order valence-electron chi connectivity index (χ3n) is 5.67. The summed E-state index contributed by atoms with van der Waals surface area (Å²) in [6, 6.07) is 12.3. The molecule has 5 rings (SSSR count). The first-order valence-electron chi connectivity index (χ1n) is 9.83. The average Bonchev–Trinajstić information content (AvgIpc) is 3.35. The van der Waals surface area contributed by atoms with Gasteiger partial charge in [0.1, 0.15) is 11.7 Å². The number of piperazine rings is 1. The number of anilines is 2. The van der Waals surface area contributed by atoms with Crippen molar-refractivity contribution in [3.8, 4) is 0 Å². The van der Waals surface area contributed by atoms with Gasteiger partial charge in [-0.1, -0.05) is 24.3 Å². The van der Waals surface area contributed by atoms with Crippen LogP contribution in [0.25, 0.3) is 5.70 Å². The predicted octanol–water partition coefficient (Wildman–Crippen LogP) is 2.21. The second kappa shape index (κ2) is 7.36. The number of amides is 2. The number of nitrogens with two attached hydrogens (primary N) is 1. The van der Waals surface area contributed by atoms with E-state index >= 15 is 0 Å². The van der Waals surface area contributed by atoms with E-state index in [2.05, 4.69) is 37.9 Å². The van der Waals surface area contributed by atoms with Gasteiger partial charge in [0, 0.05) is 37.4 Å². The maximum absolute atomic E-state index is 13.3. The molecule has 0 aromatic heterocycles. The van der Waals surface area contributed by atoms with Gasteiger partial charge in [-0.15, -0.1) is 0 Å². The molecule has 0 saturated carbocycles. The van der Waals surface area contributed by atoms with Gasteiger partial charge in [-0.25, -0.2) is 10.6 Å². The van der Waals surface area contributed by atoms with E-state index in [9.17, 15) is 9.59 Å².